The molecule has 3 N–H and O–H groups in total. The van der Waals surface area contributed by atoms with Crippen molar-refractivity contribution in [2.75, 3.05) is 6.54 Å². The maximum absolute atomic E-state index is 5.65. The lowest BCUT2D eigenvalue weighted by Gasteiger charge is -2.39. The Morgan fingerprint density at radius 3 is 3.00 bits per heavy atom. The van der Waals surface area contributed by atoms with Gasteiger partial charge < -0.3 is 11.1 Å². The van der Waals surface area contributed by atoms with Gasteiger partial charge in [0.1, 0.15) is 0 Å². The van der Waals surface area contributed by atoms with Crippen LogP contribution >= 0.6 is 0 Å². The molecule has 2 rings (SSSR count). The number of hydrogen-bond acceptors (Lipinski definition) is 3. The summed E-state index contributed by atoms with van der Waals surface area (Å²) in [7, 11) is 0. The Kier molecular flexibility index (Phi) is 2.77. The molecule has 2 atom stereocenters. The van der Waals surface area contributed by atoms with Crippen LogP contribution in [0, 0.1) is 0 Å². The molecule has 2 aliphatic heterocycles. The van der Waals surface area contributed by atoms with Crippen molar-refractivity contribution in [2.45, 2.75) is 38.4 Å². The summed E-state index contributed by atoms with van der Waals surface area (Å²) in [6.07, 6.45) is 10.4. The van der Waals surface area contributed by atoms with Crippen LogP contribution in [0.5, 0.6) is 0 Å². The first-order valence-electron chi connectivity index (χ1n) is 5.43. The van der Waals surface area contributed by atoms with E-state index in [1.807, 2.05) is 12.3 Å². The van der Waals surface area contributed by atoms with Gasteiger partial charge in [-0.25, -0.2) is 0 Å². The lowest BCUT2D eigenvalue weighted by Crippen LogP contribution is -2.50. The molecule has 3 nitrogen and oxygen atoms in total. The summed E-state index contributed by atoms with van der Waals surface area (Å²) in [5.41, 5.74) is 6.47. The topological polar surface area (TPSA) is 41.3 Å². The van der Waals surface area contributed by atoms with Crippen molar-refractivity contribution in [1.82, 2.24) is 10.2 Å². The average molecular weight is 193 g/mol. The molecule has 0 saturated carbocycles. The highest BCUT2D eigenvalue weighted by Gasteiger charge is 2.24. The van der Waals surface area contributed by atoms with Gasteiger partial charge in [0.15, 0.2) is 0 Å². The normalized spacial score (nSPS) is 33.6. The van der Waals surface area contributed by atoms with E-state index in [1.54, 1.807) is 0 Å². The minimum absolute atomic E-state index is 0.345. The molecule has 2 heterocycles. The van der Waals surface area contributed by atoms with E-state index in [0.717, 1.165) is 5.70 Å². The van der Waals surface area contributed by atoms with Crippen LogP contribution in [0.2, 0.25) is 0 Å². The molecule has 1 fully saturated rings. The second kappa shape index (κ2) is 4.05. The molecule has 0 aromatic rings. The first-order valence-corrected chi connectivity index (χ1v) is 5.43. The zero-order chi connectivity index (χ0) is 9.97. The van der Waals surface area contributed by atoms with Crippen molar-refractivity contribution in [3.05, 3.63) is 24.0 Å². The fourth-order valence-electron chi connectivity index (χ4n) is 2.23. The highest BCUT2D eigenvalue weighted by molar-refractivity contribution is 5.20. The minimum Gasteiger partial charge on any atom is -0.398 e. The molecule has 0 aromatic heterocycles. The van der Waals surface area contributed by atoms with Gasteiger partial charge >= 0.3 is 0 Å². The van der Waals surface area contributed by atoms with Gasteiger partial charge in [-0.2, -0.15) is 0 Å². The number of piperidine rings is 1. The van der Waals surface area contributed by atoms with Crippen LogP contribution in [0.4, 0.5) is 0 Å². The molecule has 2 aliphatic rings. The molecule has 0 amide bonds. The van der Waals surface area contributed by atoms with E-state index in [9.17, 15) is 0 Å². The quantitative estimate of drug-likeness (QED) is 0.656. The molecule has 3 heteroatoms. The van der Waals surface area contributed by atoms with Gasteiger partial charge in [-0.15, -0.1) is 0 Å². The third-order valence-electron chi connectivity index (χ3n) is 3.10. The van der Waals surface area contributed by atoms with E-state index in [-0.39, 0.29) is 0 Å². The summed E-state index contributed by atoms with van der Waals surface area (Å²) in [5.74, 6) is 0. The largest absolute Gasteiger partial charge is 0.398 e. The van der Waals surface area contributed by atoms with Crippen molar-refractivity contribution in [3.63, 3.8) is 0 Å². The molecule has 0 aliphatic carbocycles. The first-order chi connectivity index (χ1) is 6.77. The Morgan fingerprint density at radius 2 is 2.36 bits per heavy atom. The van der Waals surface area contributed by atoms with Crippen LogP contribution in [-0.4, -0.2) is 23.7 Å². The molecule has 0 bridgehead atoms. The second-order valence-electron chi connectivity index (χ2n) is 4.20. The molecular weight excluding hydrogens is 174 g/mol. The lowest BCUT2D eigenvalue weighted by molar-refractivity contribution is 0.117. The predicted molar refractivity (Wildman–Crippen MR) is 58.4 cm³/mol. The smallest absolute Gasteiger partial charge is 0.0988 e. The van der Waals surface area contributed by atoms with Crippen LogP contribution < -0.4 is 11.1 Å². The molecule has 0 spiro atoms. The highest BCUT2D eigenvalue weighted by atomic mass is 15.3. The summed E-state index contributed by atoms with van der Waals surface area (Å²) in [6.45, 7) is 3.49. The number of hydrogen-bond donors (Lipinski definition) is 2. The number of allylic oxidation sites excluding steroid dienone is 1. The molecule has 14 heavy (non-hydrogen) atoms. The Morgan fingerprint density at radius 1 is 1.50 bits per heavy atom. The van der Waals surface area contributed by atoms with Gasteiger partial charge in [-0.3, -0.25) is 4.90 Å². The van der Waals surface area contributed by atoms with Gasteiger partial charge in [0.05, 0.1) is 6.17 Å². The number of nitrogens with one attached hydrogen (secondary N) is 1. The summed E-state index contributed by atoms with van der Waals surface area (Å²) < 4.78 is 0. The minimum atomic E-state index is 0.345. The molecular formula is C11H19N3. The summed E-state index contributed by atoms with van der Waals surface area (Å²) in [5, 5.41) is 3.32. The van der Waals surface area contributed by atoms with Crippen molar-refractivity contribution in [3.8, 4) is 0 Å². The molecule has 78 valence electrons. The summed E-state index contributed by atoms with van der Waals surface area (Å²) in [6, 6.07) is 0.679. The van der Waals surface area contributed by atoms with E-state index in [1.165, 1.54) is 25.8 Å². The van der Waals surface area contributed by atoms with Crippen LogP contribution in [0.25, 0.3) is 0 Å². The fraction of sp³-hybridized carbons (Fsp3) is 0.636. The Labute approximate surface area is 85.6 Å². The van der Waals surface area contributed by atoms with Crippen LogP contribution in [0.1, 0.15) is 26.2 Å². The van der Waals surface area contributed by atoms with Crippen molar-refractivity contribution >= 4 is 0 Å². The zero-order valence-electron chi connectivity index (χ0n) is 8.74. The monoisotopic (exact) mass is 193 g/mol. The molecule has 0 aromatic carbocycles. The van der Waals surface area contributed by atoms with Gasteiger partial charge in [-0.05, 0) is 31.9 Å². The fourth-order valence-corrected chi connectivity index (χ4v) is 2.23. The Bertz CT molecular complexity index is 257. The van der Waals surface area contributed by atoms with E-state index >= 15 is 0 Å². The van der Waals surface area contributed by atoms with Gasteiger partial charge in [0.25, 0.3) is 0 Å². The number of likely N-dealkylation sites (tertiary alicyclic amines) is 1. The summed E-state index contributed by atoms with van der Waals surface area (Å²) >= 11 is 0. The maximum atomic E-state index is 5.65. The average Bonchev–Trinajstić information content (AvgIpc) is 2.20. The van der Waals surface area contributed by atoms with E-state index in [2.05, 4.69) is 23.2 Å². The second-order valence-corrected chi connectivity index (χ2v) is 4.20. The van der Waals surface area contributed by atoms with Crippen LogP contribution in [-0.2, 0) is 0 Å². The number of nitrogens with zero attached hydrogens (tertiary/aromatic N) is 1. The lowest BCUT2D eigenvalue weighted by atomic mass is 10.0. The van der Waals surface area contributed by atoms with Crippen molar-refractivity contribution in [2.24, 2.45) is 5.73 Å². The number of rotatable bonds is 1. The van der Waals surface area contributed by atoms with Gasteiger partial charge in [0.2, 0.25) is 0 Å². The standard InChI is InChI=1S/C11H19N3/c1-9-4-2-3-7-14(9)11-6-5-10(12)8-13-11/h5-6,8-9,11,13H,2-4,7,12H2,1H3/t9-,11?/m1/s1. The van der Waals surface area contributed by atoms with Crippen molar-refractivity contribution in [1.29, 1.82) is 0 Å². The molecule has 0 radical (unpaired) electrons. The Hall–Kier alpha value is -0.960. The number of dihydropyridines is 1. The van der Waals surface area contributed by atoms with Crippen molar-refractivity contribution < 1.29 is 0 Å². The Balaban J connectivity index is 1.98. The molecule has 1 saturated heterocycles. The predicted octanol–water partition coefficient (Wildman–Crippen LogP) is 1.15. The SMILES string of the molecule is C[C@@H]1CCCCN1C1C=CC(N)=CN1. The zero-order valence-corrected chi connectivity index (χ0v) is 8.74. The summed E-state index contributed by atoms with van der Waals surface area (Å²) in [4.78, 5) is 2.50. The van der Waals surface area contributed by atoms with E-state index in [4.69, 9.17) is 5.73 Å². The van der Waals surface area contributed by atoms with Gasteiger partial charge in [-0.1, -0.05) is 6.42 Å². The first kappa shape index (κ1) is 9.59. The third kappa shape index (κ3) is 1.93. The van der Waals surface area contributed by atoms with Crippen LogP contribution in [0.3, 0.4) is 0 Å². The van der Waals surface area contributed by atoms with E-state index < -0.39 is 0 Å². The van der Waals surface area contributed by atoms with Gasteiger partial charge in [0, 0.05) is 24.5 Å². The highest BCUT2D eigenvalue weighted by Crippen LogP contribution is 2.19. The maximum Gasteiger partial charge on any atom is 0.0988 e. The van der Waals surface area contributed by atoms with E-state index in [0.29, 0.717) is 12.2 Å². The van der Waals surface area contributed by atoms with Crippen LogP contribution in [0.15, 0.2) is 24.0 Å². The number of nitrogens with two attached hydrogens (primary N) is 1. The molecule has 1 unspecified atom stereocenters. The third-order valence-corrected chi connectivity index (χ3v) is 3.10.